The lowest BCUT2D eigenvalue weighted by atomic mass is 10.1. The van der Waals surface area contributed by atoms with Crippen LogP contribution in [0.4, 0.5) is 5.69 Å². The smallest absolute Gasteiger partial charge is 0.193 e. The van der Waals surface area contributed by atoms with E-state index in [4.69, 9.17) is 5.73 Å². The van der Waals surface area contributed by atoms with Crippen molar-refractivity contribution >= 4 is 11.6 Å². The molecule has 2 aromatic rings. The number of hydrogen-bond donors (Lipinski definition) is 2. The van der Waals surface area contributed by atoms with Crippen LogP contribution in [0.25, 0.3) is 0 Å². The van der Waals surface area contributed by atoms with Crippen molar-refractivity contribution in [3.8, 4) is 0 Å². The zero-order chi connectivity index (χ0) is 14.5. The highest BCUT2D eigenvalue weighted by molar-refractivity contribution is 5.92. The molecular weight excluding hydrogens is 250 g/mol. The van der Waals surface area contributed by atoms with E-state index in [9.17, 15) is 0 Å². The Balaban J connectivity index is 1.98. The fourth-order valence-corrected chi connectivity index (χ4v) is 1.88. The van der Waals surface area contributed by atoms with Crippen LogP contribution in [-0.4, -0.2) is 15.7 Å². The third kappa shape index (κ3) is 3.38. The van der Waals surface area contributed by atoms with E-state index in [-0.39, 0.29) is 0 Å². The second-order valence-corrected chi connectivity index (χ2v) is 4.76. The predicted molar refractivity (Wildman–Crippen MR) is 82.7 cm³/mol. The number of nitrogens with zero attached hydrogens (tertiary/aromatic N) is 3. The van der Waals surface area contributed by atoms with Gasteiger partial charge in [0.2, 0.25) is 0 Å². The van der Waals surface area contributed by atoms with Crippen LogP contribution in [0.15, 0.2) is 35.5 Å². The van der Waals surface area contributed by atoms with E-state index in [1.807, 2.05) is 37.0 Å². The molecule has 0 unspecified atom stereocenters. The number of guanidine groups is 1. The van der Waals surface area contributed by atoms with Crippen LogP contribution in [0.2, 0.25) is 0 Å². The van der Waals surface area contributed by atoms with Crippen molar-refractivity contribution < 1.29 is 0 Å². The first-order chi connectivity index (χ1) is 9.60. The number of rotatable bonds is 4. The molecule has 20 heavy (non-hydrogen) atoms. The average molecular weight is 271 g/mol. The van der Waals surface area contributed by atoms with Crippen LogP contribution in [0.5, 0.6) is 0 Å². The van der Waals surface area contributed by atoms with E-state index in [0.717, 1.165) is 23.4 Å². The van der Waals surface area contributed by atoms with Crippen LogP contribution >= 0.6 is 0 Å². The van der Waals surface area contributed by atoms with E-state index in [1.165, 1.54) is 5.56 Å². The predicted octanol–water partition coefficient (Wildman–Crippen LogP) is 2.22. The SMILES string of the molecule is CCc1ccc(NC(N)=NCc2cnn(C)c2C)cc1. The number of benzene rings is 1. The number of aryl methyl sites for hydroxylation is 2. The Hall–Kier alpha value is -2.30. The topological polar surface area (TPSA) is 68.2 Å². The first-order valence-electron chi connectivity index (χ1n) is 6.73. The molecule has 0 fully saturated rings. The molecule has 5 nitrogen and oxygen atoms in total. The minimum absolute atomic E-state index is 0.414. The number of nitrogens with one attached hydrogen (secondary N) is 1. The minimum Gasteiger partial charge on any atom is -0.370 e. The highest BCUT2D eigenvalue weighted by Gasteiger charge is 2.02. The Morgan fingerprint density at radius 3 is 2.60 bits per heavy atom. The summed E-state index contributed by atoms with van der Waals surface area (Å²) in [4.78, 5) is 4.34. The number of hydrogen-bond acceptors (Lipinski definition) is 2. The lowest BCUT2D eigenvalue weighted by molar-refractivity contribution is 0.737. The molecule has 5 heteroatoms. The summed E-state index contributed by atoms with van der Waals surface area (Å²) in [6.07, 6.45) is 2.85. The molecule has 1 aromatic heterocycles. The molecule has 0 aliphatic carbocycles. The molecule has 0 amide bonds. The van der Waals surface area contributed by atoms with Crippen LogP contribution < -0.4 is 11.1 Å². The molecule has 0 saturated carbocycles. The minimum atomic E-state index is 0.414. The van der Waals surface area contributed by atoms with Gasteiger partial charge in [0.15, 0.2) is 5.96 Å². The summed E-state index contributed by atoms with van der Waals surface area (Å²) < 4.78 is 1.83. The molecule has 0 radical (unpaired) electrons. The second-order valence-electron chi connectivity index (χ2n) is 4.76. The van der Waals surface area contributed by atoms with E-state index >= 15 is 0 Å². The Morgan fingerprint density at radius 2 is 2.05 bits per heavy atom. The molecule has 0 saturated heterocycles. The first kappa shape index (κ1) is 14.1. The van der Waals surface area contributed by atoms with Crippen LogP contribution in [0, 0.1) is 6.92 Å². The first-order valence-corrected chi connectivity index (χ1v) is 6.73. The molecule has 0 aliphatic heterocycles. The molecule has 3 N–H and O–H groups in total. The molecule has 1 heterocycles. The molecule has 2 rings (SSSR count). The molecular formula is C15H21N5. The number of aromatic nitrogens is 2. The van der Waals surface area contributed by atoms with Crippen LogP contribution in [-0.2, 0) is 20.0 Å². The molecule has 0 spiro atoms. The third-order valence-corrected chi connectivity index (χ3v) is 3.39. The van der Waals surface area contributed by atoms with E-state index in [2.05, 4.69) is 34.5 Å². The third-order valence-electron chi connectivity index (χ3n) is 3.39. The highest BCUT2D eigenvalue weighted by Crippen LogP contribution is 2.10. The van der Waals surface area contributed by atoms with Crippen molar-refractivity contribution in [3.05, 3.63) is 47.3 Å². The summed E-state index contributed by atoms with van der Waals surface area (Å²) in [5.74, 6) is 0.414. The van der Waals surface area contributed by atoms with Crippen molar-refractivity contribution in [2.45, 2.75) is 26.8 Å². The maximum absolute atomic E-state index is 5.89. The summed E-state index contributed by atoms with van der Waals surface area (Å²) in [5, 5.41) is 7.27. The molecule has 0 atom stereocenters. The fraction of sp³-hybridized carbons (Fsp3) is 0.333. The summed E-state index contributed by atoms with van der Waals surface area (Å²) >= 11 is 0. The van der Waals surface area contributed by atoms with Crippen molar-refractivity contribution in [2.75, 3.05) is 5.32 Å². The zero-order valence-electron chi connectivity index (χ0n) is 12.2. The zero-order valence-corrected chi connectivity index (χ0v) is 12.2. The average Bonchev–Trinajstić information content (AvgIpc) is 2.77. The molecule has 1 aromatic carbocycles. The van der Waals surface area contributed by atoms with Gasteiger partial charge < -0.3 is 11.1 Å². The standard InChI is InChI=1S/C15H21N5/c1-4-12-5-7-14(8-6-12)19-15(16)17-9-13-10-18-20(3)11(13)2/h5-8,10H,4,9H2,1-3H3,(H3,16,17,19). The normalized spacial score (nSPS) is 11.7. The van der Waals surface area contributed by atoms with Gasteiger partial charge in [0.1, 0.15) is 0 Å². The van der Waals surface area contributed by atoms with Crippen molar-refractivity contribution in [2.24, 2.45) is 17.8 Å². The summed E-state index contributed by atoms with van der Waals surface area (Å²) in [6.45, 7) is 4.69. The van der Waals surface area contributed by atoms with E-state index < -0.39 is 0 Å². The van der Waals surface area contributed by atoms with Gasteiger partial charge in [0, 0.05) is 24.0 Å². The lowest BCUT2D eigenvalue weighted by Crippen LogP contribution is -2.22. The van der Waals surface area contributed by atoms with Gasteiger partial charge in [-0.05, 0) is 31.0 Å². The van der Waals surface area contributed by atoms with Gasteiger partial charge >= 0.3 is 0 Å². The Kier molecular flexibility index (Phi) is 4.40. The number of aliphatic imine (C=N–C) groups is 1. The largest absolute Gasteiger partial charge is 0.370 e. The van der Waals surface area contributed by atoms with Gasteiger partial charge in [0.05, 0.1) is 12.7 Å². The molecule has 0 bridgehead atoms. The Morgan fingerprint density at radius 1 is 1.35 bits per heavy atom. The van der Waals surface area contributed by atoms with Gasteiger partial charge in [-0.1, -0.05) is 19.1 Å². The second kappa shape index (κ2) is 6.23. The van der Waals surface area contributed by atoms with Gasteiger partial charge in [-0.2, -0.15) is 5.10 Å². The van der Waals surface area contributed by atoms with Crippen molar-refractivity contribution in [1.29, 1.82) is 0 Å². The summed E-state index contributed by atoms with van der Waals surface area (Å²) in [5.41, 5.74) is 10.3. The van der Waals surface area contributed by atoms with Gasteiger partial charge in [-0.25, -0.2) is 4.99 Å². The van der Waals surface area contributed by atoms with Gasteiger partial charge in [0.25, 0.3) is 0 Å². The molecule has 106 valence electrons. The Labute approximate surface area is 119 Å². The van der Waals surface area contributed by atoms with Crippen molar-refractivity contribution in [3.63, 3.8) is 0 Å². The van der Waals surface area contributed by atoms with Crippen LogP contribution in [0.3, 0.4) is 0 Å². The van der Waals surface area contributed by atoms with Gasteiger partial charge in [-0.3, -0.25) is 4.68 Å². The lowest BCUT2D eigenvalue weighted by Gasteiger charge is -2.06. The van der Waals surface area contributed by atoms with Crippen molar-refractivity contribution in [1.82, 2.24) is 9.78 Å². The van der Waals surface area contributed by atoms with Gasteiger partial charge in [-0.15, -0.1) is 0 Å². The quantitative estimate of drug-likeness (QED) is 0.662. The maximum Gasteiger partial charge on any atom is 0.193 e. The summed E-state index contributed by atoms with van der Waals surface area (Å²) in [7, 11) is 1.92. The van der Waals surface area contributed by atoms with E-state index in [0.29, 0.717) is 12.5 Å². The summed E-state index contributed by atoms with van der Waals surface area (Å²) in [6, 6.07) is 8.19. The highest BCUT2D eigenvalue weighted by atomic mass is 15.3. The molecule has 0 aliphatic rings. The van der Waals surface area contributed by atoms with E-state index in [1.54, 1.807) is 0 Å². The number of nitrogens with two attached hydrogens (primary N) is 1. The monoisotopic (exact) mass is 271 g/mol. The number of anilines is 1. The fourth-order valence-electron chi connectivity index (χ4n) is 1.88. The van der Waals surface area contributed by atoms with Crippen LogP contribution in [0.1, 0.15) is 23.7 Å². The maximum atomic E-state index is 5.89. The Bertz CT molecular complexity index is 595.